The first-order valence-electron chi connectivity index (χ1n) is 5.78. The van der Waals surface area contributed by atoms with E-state index in [9.17, 15) is 9.59 Å². The van der Waals surface area contributed by atoms with E-state index in [4.69, 9.17) is 8.83 Å². The molecule has 0 N–H and O–H groups in total. The first kappa shape index (κ1) is 11.5. The van der Waals surface area contributed by atoms with Crippen molar-refractivity contribution in [1.29, 1.82) is 0 Å². The van der Waals surface area contributed by atoms with Gasteiger partial charge in [-0.05, 0) is 37.3 Å². The highest BCUT2D eigenvalue weighted by molar-refractivity contribution is 6.08. The number of furan rings is 1. The van der Waals surface area contributed by atoms with Crippen molar-refractivity contribution < 1.29 is 13.6 Å². The zero-order chi connectivity index (χ0) is 13.4. The number of carbonyl (C=O) groups excluding carboxylic acids is 1. The largest absolute Gasteiger partial charge is 0.461 e. The van der Waals surface area contributed by atoms with Gasteiger partial charge in [0.15, 0.2) is 5.76 Å². The lowest BCUT2D eigenvalue weighted by atomic mass is 10.1. The van der Waals surface area contributed by atoms with Gasteiger partial charge in [0.1, 0.15) is 11.1 Å². The van der Waals surface area contributed by atoms with Crippen LogP contribution in [0.3, 0.4) is 0 Å². The van der Waals surface area contributed by atoms with E-state index in [1.165, 1.54) is 12.3 Å². The zero-order valence-corrected chi connectivity index (χ0v) is 10.2. The molecule has 0 bridgehead atoms. The highest BCUT2D eigenvalue weighted by atomic mass is 16.4. The van der Waals surface area contributed by atoms with E-state index in [1.54, 1.807) is 18.2 Å². The third kappa shape index (κ3) is 1.97. The van der Waals surface area contributed by atoms with Crippen LogP contribution in [-0.4, -0.2) is 5.78 Å². The van der Waals surface area contributed by atoms with Crippen LogP contribution in [0.15, 0.2) is 56.3 Å². The predicted molar refractivity (Wildman–Crippen MR) is 69.4 cm³/mol. The number of benzene rings is 1. The highest BCUT2D eigenvalue weighted by Crippen LogP contribution is 2.17. The number of rotatable bonds is 2. The Bertz CT molecular complexity index is 810. The van der Waals surface area contributed by atoms with Crippen molar-refractivity contribution in [3.8, 4) is 0 Å². The normalized spacial score (nSPS) is 10.8. The van der Waals surface area contributed by atoms with E-state index < -0.39 is 11.4 Å². The maximum Gasteiger partial charge on any atom is 0.347 e. The highest BCUT2D eigenvalue weighted by Gasteiger charge is 2.17. The Kier molecular flexibility index (Phi) is 2.56. The molecule has 0 fully saturated rings. The molecule has 0 aliphatic carbocycles. The Hall–Kier alpha value is -2.62. The molecule has 19 heavy (non-hydrogen) atoms. The van der Waals surface area contributed by atoms with Gasteiger partial charge in [-0.15, -0.1) is 0 Å². The van der Waals surface area contributed by atoms with Crippen LogP contribution in [0, 0.1) is 6.92 Å². The van der Waals surface area contributed by atoms with Gasteiger partial charge in [-0.1, -0.05) is 11.6 Å². The Labute approximate surface area is 108 Å². The van der Waals surface area contributed by atoms with Gasteiger partial charge in [0.2, 0.25) is 5.78 Å². The molecule has 0 aliphatic heterocycles. The van der Waals surface area contributed by atoms with E-state index in [0.717, 1.165) is 10.9 Å². The van der Waals surface area contributed by atoms with Crippen molar-refractivity contribution in [3.05, 3.63) is 70.0 Å². The van der Waals surface area contributed by atoms with Gasteiger partial charge >= 0.3 is 5.63 Å². The molecule has 3 rings (SSSR count). The fourth-order valence-corrected chi connectivity index (χ4v) is 1.94. The number of hydrogen-bond donors (Lipinski definition) is 0. The van der Waals surface area contributed by atoms with Gasteiger partial charge in [0, 0.05) is 5.39 Å². The van der Waals surface area contributed by atoms with Crippen molar-refractivity contribution >= 4 is 16.8 Å². The second kappa shape index (κ2) is 4.24. The summed E-state index contributed by atoms with van der Waals surface area (Å²) in [6.07, 6.45) is 1.39. The minimum absolute atomic E-state index is 0.0203. The summed E-state index contributed by atoms with van der Waals surface area (Å²) in [5.41, 5.74) is 0.815. The van der Waals surface area contributed by atoms with Crippen molar-refractivity contribution in [2.24, 2.45) is 0 Å². The molecule has 94 valence electrons. The summed E-state index contributed by atoms with van der Waals surface area (Å²) in [6.45, 7) is 1.93. The Balaban J connectivity index is 2.21. The van der Waals surface area contributed by atoms with Gasteiger partial charge < -0.3 is 8.83 Å². The maximum atomic E-state index is 12.1. The smallest absolute Gasteiger partial charge is 0.347 e. The standard InChI is InChI=1S/C15H10O4/c1-9-4-5-12-10(7-9)8-11(15(17)19-12)14(16)13-3-2-6-18-13/h2-8H,1H3. The molecule has 0 unspecified atom stereocenters. The second-order valence-corrected chi connectivity index (χ2v) is 4.30. The van der Waals surface area contributed by atoms with Crippen molar-refractivity contribution in [2.45, 2.75) is 6.92 Å². The molecule has 0 aliphatic rings. The molecule has 1 aromatic carbocycles. The first-order valence-corrected chi connectivity index (χ1v) is 5.78. The van der Waals surface area contributed by atoms with Crippen LogP contribution >= 0.6 is 0 Å². The topological polar surface area (TPSA) is 60.4 Å². The summed E-state index contributed by atoms with van der Waals surface area (Å²) in [5, 5.41) is 0.717. The van der Waals surface area contributed by atoms with Crippen LogP contribution in [0.4, 0.5) is 0 Å². The van der Waals surface area contributed by atoms with Crippen LogP contribution in [0.2, 0.25) is 0 Å². The molecule has 0 saturated heterocycles. The molecule has 4 nitrogen and oxygen atoms in total. The minimum Gasteiger partial charge on any atom is -0.461 e. The molecule has 0 atom stereocenters. The summed E-state index contributed by atoms with van der Waals surface area (Å²) < 4.78 is 10.2. The molecule has 2 aromatic heterocycles. The first-order chi connectivity index (χ1) is 9.15. The van der Waals surface area contributed by atoms with Crippen LogP contribution < -0.4 is 5.63 Å². The van der Waals surface area contributed by atoms with E-state index in [1.807, 2.05) is 19.1 Å². The van der Waals surface area contributed by atoms with Crippen molar-refractivity contribution in [2.75, 3.05) is 0 Å². The van der Waals surface area contributed by atoms with E-state index in [2.05, 4.69) is 0 Å². The SMILES string of the molecule is Cc1ccc2oc(=O)c(C(=O)c3ccco3)cc2c1. The summed E-state index contributed by atoms with van der Waals surface area (Å²) in [5.74, 6) is -0.346. The van der Waals surface area contributed by atoms with Gasteiger partial charge in [-0.25, -0.2) is 4.79 Å². The minimum atomic E-state index is -0.655. The predicted octanol–water partition coefficient (Wildman–Crippen LogP) is 2.93. The Morgan fingerprint density at radius 2 is 2.00 bits per heavy atom. The average Bonchev–Trinajstić information content (AvgIpc) is 2.91. The molecule has 0 spiro atoms. The Morgan fingerprint density at radius 3 is 2.74 bits per heavy atom. The molecular formula is C15H10O4. The van der Waals surface area contributed by atoms with Crippen LogP contribution in [0.1, 0.15) is 21.7 Å². The average molecular weight is 254 g/mol. The van der Waals surface area contributed by atoms with Crippen molar-refractivity contribution in [3.63, 3.8) is 0 Å². The van der Waals surface area contributed by atoms with Crippen molar-refractivity contribution in [1.82, 2.24) is 0 Å². The van der Waals surface area contributed by atoms with Gasteiger partial charge in [0.05, 0.1) is 6.26 Å². The lowest BCUT2D eigenvalue weighted by molar-refractivity contribution is 0.101. The quantitative estimate of drug-likeness (QED) is 0.521. The van der Waals surface area contributed by atoms with Gasteiger partial charge in [-0.3, -0.25) is 4.79 Å². The number of aryl methyl sites for hydroxylation is 1. The molecular weight excluding hydrogens is 244 g/mol. The lowest BCUT2D eigenvalue weighted by Crippen LogP contribution is -2.14. The number of fused-ring (bicyclic) bond motifs is 1. The van der Waals surface area contributed by atoms with E-state index in [0.29, 0.717) is 5.58 Å². The maximum absolute atomic E-state index is 12.1. The second-order valence-electron chi connectivity index (χ2n) is 4.30. The molecule has 0 radical (unpaired) electrons. The number of carbonyl (C=O) groups is 1. The molecule has 3 aromatic rings. The fourth-order valence-electron chi connectivity index (χ4n) is 1.94. The number of hydrogen-bond acceptors (Lipinski definition) is 4. The molecule has 0 amide bonds. The van der Waals surface area contributed by atoms with Gasteiger partial charge in [-0.2, -0.15) is 0 Å². The third-order valence-electron chi connectivity index (χ3n) is 2.88. The lowest BCUT2D eigenvalue weighted by Gasteiger charge is -2.01. The summed E-state index contributed by atoms with van der Waals surface area (Å²) in [6, 6.07) is 10.1. The van der Waals surface area contributed by atoms with Crippen LogP contribution in [-0.2, 0) is 0 Å². The van der Waals surface area contributed by atoms with E-state index >= 15 is 0 Å². The Morgan fingerprint density at radius 1 is 1.16 bits per heavy atom. The molecule has 4 heteroatoms. The summed E-state index contributed by atoms with van der Waals surface area (Å²) in [7, 11) is 0. The summed E-state index contributed by atoms with van der Waals surface area (Å²) >= 11 is 0. The van der Waals surface area contributed by atoms with E-state index in [-0.39, 0.29) is 11.3 Å². The zero-order valence-electron chi connectivity index (χ0n) is 10.2. The van der Waals surface area contributed by atoms with Crippen LogP contribution in [0.5, 0.6) is 0 Å². The van der Waals surface area contributed by atoms with Crippen LogP contribution in [0.25, 0.3) is 11.0 Å². The molecule has 0 saturated carbocycles. The molecule has 2 heterocycles. The van der Waals surface area contributed by atoms with Gasteiger partial charge in [0.25, 0.3) is 0 Å². The third-order valence-corrected chi connectivity index (χ3v) is 2.88. The fraction of sp³-hybridized carbons (Fsp3) is 0.0667. The monoisotopic (exact) mass is 254 g/mol. The number of ketones is 1. The summed E-state index contributed by atoms with van der Waals surface area (Å²) in [4.78, 5) is 23.9.